The van der Waals surface area contributed by atoms with Crippen LogP contribution in [0.2, 0.25) is 0 Å². The molecule has 3 N–H and O–H groups in total. The number of piperidine rings is 1. The molecule has 0 unspecified atom stereocenters. The summed E-state index contributed by atoms with van der Waals surface area (Å²) in [6, 6.07) is 2.90. The summed E-state index contributed by atoms with van der Waals surface area (Å²) in [5.74, 6) is -1.78. The molecular weight excluding hydrogens is 510 g/mol. The fourth-order valence-electron chi connectivity index (χ4n) is 5.81. The van der Waals surface area contributed by atoms with Gasteiger partial charge in [0.15, 0.2) is 11.6 Å². The number of ether oxygens (including phenoxy) is 1. The smallest absolute Gasteiger partial charge is 0.327 e. The van der Waals surface area contributed by atoms with E-state index in [2.05, 4.69) is 15.6 Å². The van der Waals surface area contributed by atoms with Crippen LogP contribution in [0.3, 0.4) is 0 Å². The Hall–Kier alpha value is -3.67. The van der Waals surface area contributed by atoms with Crippen LogP contribution >= 0.6 is 0 Å². The van der Waals surface area contributed by atoms with Crippen molar-refractivity contribution in [3.63, 3.8) is 0 Å². The summed E-state index contributed by atoms with van der Waals surface area (Å²) in [5.41, 5.74) is 0.872. The monoisotopic (exact) mass is 544 g/mol. The lowest BCUT2D eigenvalue weighted by Gasteiger charge is -2.34. The molecule has 39 heavy (non-hydrogen) atoms. The number of carbonyl (C=O) groups excluding carboxylic acids is 2. The number of H-pyrrole nitrogens is 1. The van der Waals surface area contributed by atoms with E-state index in [1.807, 2.05) is 12.2 Å². The zero-order chi connectivity index (χ0) is 27.5. The first kappa shape index (κ1) is 26.9. The van der Waals surface area contributed by atoms with Crippen LogP contribution in [0.25, 0.3) is 6.08 Å². The van der Waals surface area contributed by atoms with E-state index in [-0.39, 0.29) is 48.9 Å². The Morgan fingerprint density at radius 2 is 1.95 bits per heavy atom. The average Bonchev–Trinajstić information content (AvgIpc) is 3.20. The first-order valence-electron chi connectivity index (χ1n) is 13.4. The summed E-state index contributed by atoms with van der Waals surface area (Å²) in [5, 5.41) is 6.04. The third-order valence-electron chi connectivity index (χ3n) is 7.89. The number of aromatic amines is 1. The van der Waals surface area contributed by atoms with Crippen molar-refractivity contribution < 1.29 is 23.1 Å². The molecule has 210 valence electrons. The van der Waals surface area contributed by atoms with E-state index in [0.29, 0.717) is 51.1 Å². The molecule has 10 nitrogen and oxygen atoms in total. The number of amides is 3. The third kappa shape index (κ3) is 5.56. The molecule has 0 radical (unpaired) electrons. The molecule has 3 aliphatic rings. The second-order valence-electron chi connectivity index (χ2n) is 10.3. The number of urea groups is 1. The quantitative estimate of drug-likeness (QED) is 0.518. The van der Waals surface area contributed by atoms with Gasteiger partial charge in [0.2, 0.25) is 5.91 Å². The minimum absolute atomic E-state index is 0.0444. The fraction of sp³-hybridized carbons (Fsp3) is 0.519. The Morgan fingerprint density at radius 1 is 1.15 bits per heavy atom. The van der Waals surface area contributed by atoms with Gasteiger partial charge in [-0.05, 0) is 43.4 Å². The van der Waals surface area contributed by atoms with E-state index in [1.54, 1.807) is 20.4 Å². The molecule has 0 aliphatic carbocycles. The first-order valence-corrected chi connectivity index (χ1v) is 13.4. The lowest BCUT2D eigenvalue weighted by molar-refractivity contribution is -0.133. The second-order valence-corrected chi connectivity index (χ2v) is 10.3. The summed E-state index contributed by atoms with van der Waals surface area (Å²) >= 11 is 0. The van der Waals surface area contributed by atoms with Gasteiger partial charge in [-0.25, -0.2) is 18.4 Å². The number of carbonyl (C=O) groups is 2. The molecule has 0 spiro atoms. The normalized spacial score (nSPS) is 21.9. The number of nitrogens with zero attached hydrogens (tertiary/aromatic N) is 3. The molecule has 3 amide bonds. The molecule has 1 aromatic carbocycles. The highest BCUT2D eigenvalue weighted by molar-refractivity contribution is 5.87. The van der Waals surface area contributed by atoms with Crippen molar-refractivity contribution in [3.8, 4) is 0 Å². The molecule has 0 saturated carbocycles. The van der Waals surface area contributed by atoms with Gasteiger partial charge < -0.3 is 25.2 Å². The lowest BCUT2D eigenvalue weighted by atomic mass is 9.93. The van der Waals surface area contributed by atoms with Gasteiger partial charge in [0.1, 0.15) is 11.9 Å². The summed E-state index contributed by atoms with van der Waals surface area (Å²) in [4.78, 5) is 45.3. The number of hydrogen-bond acceptors (Lipinski definition) is 5. The molecule has 1 aromatic heterocycles. The molecular formula is C27H34F2N6O4. The van der Waals surface area contributed by atoms with Crippen LogP contribution in [-0.2, 0) is 9.53 Å². The predicted octanol–water partition coefficient (Wildman–Crippen LogP) is 2.66. The summed E-state index contributed by atoms with van der Waals surface area (Å²) in [6.45, 7) is 2.30. The van der Waals surface area contributed by atoms with Gasteiger partial charge in [0.25, 0.3) is 0 Å². The Bertz CT molecular complexity index is 1300. The van der Waals surface area contributed by atoms with Gasteiger partial charge >= 0.3 is 11.7 Å². The van der Waals surface area contributed by atoms with Crippen molar-refractivity contribution in [1.29, 1.82) is 0 Å². The molecule has 12 heteroatoms. The molecule has 2 atom stereocenters. The Labute approximate surface area is 225 Å². The fourth-order valence-corrected chi connectivity index (χ4v) is 5.81. The molecule has 2 saturated heterocycles. The number of halogens is 2. The van der Waals surface area contributed by atoms with Gasteiger partial charge in [-0.1, -0.05) is 18.2 Å². The van der Waals surface area contributed by atoms with Crippen LogP contribution in [0, 0.1) is 11.6 Å². The number of aromatic nitrogens is 2. The number of benzene rings is 1. The molecule has 2 aromatic rings. The highest BCUT2D eigenvalue weighted by Crippen LogP contribution is 2.31. The standard InChI is InChI=1S/C27H34F2N6O4/c1-39-15-14-34-16-17(19-4-2-5-20(28)23(19)29)7-8-21(25(34)36)31-26(37)33-12-9-18(10-13-33)35-22-6-3-11-30-24(22)32-27(35)38/h2-6,17-18,21,30H,7-16H2,1H3,(H,31,37)(H,32,38)/t17-,21-/m1/s1. The minimum Gasteiger partial charge on any atom is -0.383 e. The summed E-state index contributed by atoms with van der Waals surface area (Å²) < 4.78 is 35.4. The van der Waals surface area contributed by atoms with E-state index < -0.39 is 23.6 Å². The maximum absolute atomic E-state index is 14.6. The van der Waals surface area contributed by atoms with Crippen molar-refractivity contribution >= 4 is 23.8 Å². The zero-order valence-corrected chi connectivity index (χ0v) is 21.9. The SMILES string of the molecule is COCCN1C[C@H](c2cccc(F)c2F)CC[C@@H](NC(=O)N2CCC(n3c4c([nH]c3=O)NCC=C4)CC2)C1=O. The van der Waals surface area contributed by atoms with E-state index in [0.717, 1.165) is 11.8 Å². The van der Waals surface area contributed by atoms with Crippen LogP contribution < -0.4 is 16.3 Å². The van der Waals surface area contributed by atoms with Crippen molar-refractivity contribution in [2.24, 2.45) is 0 Å². The molecule has 0 bridgehead atoms. The van der Waals surface area contributed by atoms with Gasteiger partial charge in [0, 0.05) is 51.8 Å². The summed E-state index contributed by atoms with van der Waals surface area (Å²) in [6.07, 6.45) is 5.80. The average molecular weight is 545 g/mol. The number of nitrogens with one attached hydrogen (secondary N) is 3. The maximum Gasteiger partial charge on any atom is 0.327 e. The highest BCUT2D eigenvalue weighted by atomic mass is 19.2. The van der Waals surface area contributed by atoms with Crippen molar-refractivity contribution in [1.82, 2.24) is 24.7 Å². The number of imidazole rings is 1. The molecule has 5 rings (SSSR count). The van der Waals surface area contributed by atoms with Gasteiger partial charge in [-0.3, -0.25) is 14.3 Å². The first-order chi connectivity index (χ1) is 18.9. The minimum atomic E-state index is -0.922. The number of hydrogen-bond donors (Lipinski definition) is 3. The van der Waals surface area contributed by atoms with Gasteiger partial charge in [-0.15, -0.1) is 0 Å². The number of rotatable bonds is 6. The summed E-state index contributed by atoms with van der Waals surface area (Å²) in [7, 11) is 1.53. The third-order valence-corrected chi connectivity index (χ3v) is 7.89. The van der Waals surface area contributed by atoms with Crippen LogP contribution in [0.1, 0.15) is 48.9 Å². The predicted molar refractivity (Wildman–Crippen MR) is 142 cm³/mol. The lowest BCUT2D eigenvalue weighted by Crippen LogP contribution is -2.53. The van der Waals surface area contributed by atoms with Crippen LogP contribution in [0.4, 0.5) is 19.4 Å². The van der Waals surface area contributed by atoms with E-state index in [1.165, 1.54) is 13.2 Å². The number of anilines is 1. The zero-order valence-electron chi connectivity index (χ0n) is 21.9. The van der Waals surface area contributed by atoms with Crippen molar-refractivity contribution in [3.05, 3.63) is 57.7 Å². The highest BCUT2D eigenvalue weighted by Gasteiger charge is 2.35. The van der Waals surface area contributed by atoms with E-state index in [4.69, 9.17) is 4.74 Å². The van der Waals surface area contributed by atoms with Crippen LogP contribution in [0.5, 0.6) is 0 Å². The number of methoxy groups -OCH3 is 1. The molecule has 3 aliphatic heterocycles. The Morgan fingerprint density at radius 3 is 2.72 bits per heavy atom. The van der Waals surface area contributed by atoms with E-state index in [9.17, 15) is 23.2 Å². The number of fused-ring (bicyclic) bond motifs is 1. The second kappa shape index (κ2) is 11.6. The van der Waals surface area contributed by atoms with Crippen molar-refractivity contribution in [2.45, 2.75) is 43.7 Å². The molecule has 2 fully saturated rings. The van der Waals surface area contributed by atoms with Crippen LogP contribution in [-0.4, -0.2) is 83.8 Å². The Balaban J connectivity index is 1.24. The van der Waals surface area contributed by atoms with Crippen molar-refractivity contribution in [2.75, 3.05) is 51.8 Å². The number of likely N-dealkylation sites (tertiary alicyclic amines) is 2. The van der Waals surface area contributed by atoms with E-state index >= 15 is 0 Å². The molecule has 4 heterocycles. The maximum atomic E-state index is 14.6. The topological polar surface area (TPSA) is 112 Å². The van der Waals surface area contributed by atoms with Crippen LogP contribution in [0.15, 0.2) is 29.1 Å². The Kier molecular flexibility index (Phi) is 8.01. The van der Waals surface area contributed by atoms with Gasteiger partial charge in [-0.2, -0.15) is 0 Å². The van der Waals surface area contributed by atoms with Gasteiger partial charge in [0.05, 0.1) is 12.3 Å². The largest absolute Gasteiger partial charge is 0.383 e.